The van der Waals surface area contributed by atoms with Crippen LogP contribution in [-0.2, 0) is 6.42 Å². The van der Waals surface area contributed by atoms with E-state index in [2.05, 4.69) is 9.72 Å². The van der Waals surface area contributed by atoms with E-state index in [4.69, 9.17) is 5.11 Å². The lowest BCUT2D eigenvalue weighted by atomic mass is 9.96. The highest BCUT2D eigenvalue weighted by Crippen LogP contribution is 2.29. The van der Waals surface area contributed by atoms with Crippen molar-refractivity contribution in [3.05, 3.63) is 59.7 Å². The number of rotatable bonds is 8. The summed E-state index contributed by atoms with van der Waals surface area (Å²) in [7, 11) is 0. The highest BCUT2D eigenvalue weighted by molar-refractivity contribution is 5.65. The van der Waals surface area contributed by atoms with E-state index in [0.29, 0.717) is 0 Å². The highest BCUT2D eigenvalue weighted by Gasteiger charge is 2.44. The van der Waals surface area contributed by atoms with Crippen LogP contribution in [0.2, 0.25) is 0 Å². The molecule has 0 saturated heterocycles. The minimum Gasteiger partial charge on any atom is -0.465 e. The second-order valence-electron chi connectivity index (χ2n) is 5.73. The Hall–Kier alpha value is -2.95. The van der Waals surface area contributed by atoms with E-state index in [1.807, 2.05) is 5.32 Å². The van der Waals surface area contributed by atoms with Crippen LogP contribution in [0.25, 0.3) is 0 Å². The van der Waals surface area contributed by atoms with Crippen molar-refractivity contribution in [3.8, 4) is 5.75 Å². The Kier molecular flexibility index (Phi) is 6.73. The fourth-order valence-electron chi connectivity index (χ4n) is 2.43. The topological polar surface area (TPSA) is 91.7 Å². The van der Waals surface area contributed by atoms with Gasteiger partial charge >= 0.3 is 18.6 Å². The van der Waals surface area contributed by atoms with Crippen molar-refractivity contribution < 1.29 is 41.7 Å². The van der Waals surface area contributed by atoms with Gasteiger partial charge in [0.1, 0.15) is 5.75 Å². The Morgan fingerprint density at radius 3 is 2.57 bits per heavy atom. The molecule has 1 heterocycles. The molecule has 3 N–H and O–H groups in total. The predicted molar refractivity (Wildman–Crippen MR) is 85.8 cm³/mol. The number of ether oxygens (including phenoxy) is 1. The number of pyridine rings is 1. The summed E-state index contributed by atoms with van der Waals surface area (Å²) in [5.74, 6) is -1.46. The Bertz CT molecular complexity index is 822. The lowest BCUT2D eigenvalue weighted by Crippen LogP contribution is -2.40. The summed E-state index contributed by atoms with van der Waals surface area (Å²) >= 11 is 0. The van der Waals surface area contributed by atoms with Gasteiger partial charge in [0.05, 0.1) is 12.1 Å². The molecular formula is C17H15F5N2O4. The van der Waals surface area contributed by atoms with Gasteiger partial charge in [-0.2, -0.15) is 22.0 Å². The Labute approximate surface area is 155 Å². The average molecular weight is 406 g/mol. The number of hydrogen-bond acceptors (Lipinski definition) is 4. The number of hydrogen-bond donors (Lipinski definition) is 3. The molecule has 0 aliphatic heterocycles. The molecule has 28 heavy (non-hydrogen) atoms. The van der Waals surface area contributed by atoms with Crippen molar-refractivity contribution in [2.45, 2.75) is 31.1 Å². The number of aliphatic hydroxyl groups is 1. The molecule has 2 atom stereocenters. The van der Waals surface area contributed by atoms with Crippen LogP contribution in [0.1, 0.15) is 17.2 Å². The van der Waals surface area contributed by atoms with E-state index in [1.165, 1.54) is 18.2 Å². The van der Waals surface area contributed by atoms with Crippen molar-refractivity contribution in [3.63, 3.8) is 0 Å². The molecular weight excluding hydrogens is 391 g/mol. The number of amides is 1. The summed E-state index contributed by atoms with van der Waals surface area (Å²) in [4.78, 5) is 14.3. The maximum absolute atomic E-state index is 13.2. The molecule has 0 fully saturated rings. The molecule has 0 radical (unpaired) electrons. The number of aromatic nitrogens is 1. The van der Waals surface area contributed by atoms with Crippen molar-refractivity contribution in [2.75, 3.05) is 0 Å². The smallest absolute Gasteiger partial charge is 0.461 e. The second kappa shape index (κ2) is 8.83. The summed E-state index contributed by atoms with van der Waals surface area (Å²) in [6, 6.07) is 5.63. The van der Waals surface area contributed by atoms with Crippen LogP contribution in [-0.4, -0.2) is 39.9 Å². The molecule has 2 unspecified atom stereocenters. The molecule has 0 bridgehead atoms. The van der Waals surface area contributed by atoms with Crippen LogP contribution >= 0.6 is 0 Å². The summed E-state index contributed by atoms with van der Waals surface area (Å²) in [6.07, 6.45) is -10.9. The van der Waals surface area contributed by atoms with Gasteiger partial charge in [-0.05, 0) is 41.8 Å². The zero-order chi connectivity index (χ0) is 20.9. The molecule has 0 spiro atoms. The molecule has 1 amide bonds. The van der Waals surface area contributed by atoms with Gasteiger partial charge in [-0.3, -0.25) is 0 Å². The predicted octanol–water partition coefficient (Wildman–Crippen LogP) is 3.37. The fourth-order valence-corrected chi connectivity index (χ4v) is 2.43. The SMILES string of the molecule is O=C(O)NC(Cc1cccc(OC(F)(F)C(F)F)c1)C(O)c1ccnc(F)c1. The van der Waals surface area contributed by atoms with E-state index in [-0.39, 0.29) is 17.5 Å². The average Bonchev–Trinajstić information content (AvgIpc) is 2.60. The second-order valence-corrected chi connectivity index (χ2v) is 5.73. The standard InChI is InChI=1S/C17H15F5N2O4/c18-13-8-10(4-5-23-13)14(25)12(24-16(26)27)7-9-2-1-3-11(6-9)28-17(21,22)15(19)20/h1-6,8,12,14-15,24-25H,7H2,(H,26,27). The van der Waals surface area contributed by atoms with Gasteiger partial charge < -0.3 is 20.3 Å². The summed E-state index contributed by atoms with van der Waals surface area (Å²) in [5, 5.41) is 21.4. The molecule has 6 nitrogen and oxygen atoms in total. The van der Waals surface area contributed by atoms with Crippen LogP contribution in [0.15, 0.2) is 42.6 Å². The van der Waals surface area contributed by atoms with Gasteiger partial charge in [0.2, 0.25) is 5.95 Å². The van der Waals surface area contributed by atoms with Crippen LogP contribution in [0.5, 0.6) is 5.75 Å². The maximum atomic E-state index is 13.2. The number of benzene rings is 1. The molecule has 152 valence electrons. The van der Waals surface area contributed by atoms with Crippen molar-refractivity contribution >= 4 is 6.09 Å². The third-order valence-electron chi connectivity index (χ3n) is 3.64. The first-order valence-electron chi connectivity index (χ1n) is 7.81. The normalized spacial score (nSPS) is 13.8. The minimum atomic E-state index is -4.70. The molecule has 2 aromatic rings. The first-order valence-corrected chi connectivity index (χ1v) is 7.81. The van der Waals surface area contributed by atoms with Gasteiger partial charge in [0, 0.05) is 6.20 Å². The van der Waals surface area contributed by atoms with Gasteiger partial charge in [0.25, 0.3) is 0 Å². The van der Waals surface area contributed by atoms with Gasteiger partial charge in [-0.25, -0.2) is 9.78 Å². The van der Waals surface area contributed by atoms with E-state index >= 15 is 0 Å². The number of halogens is 5. The molecule has 0 aliphatic rings. The quantitative estimate of drug-likeness (QED) is 0.462. The lowest BCUT2D eigenvalue weighted by molar-refractivity contribution is -0.253. The number of aliphatic hydroxyl groups excluding tert-OH is 1. The van der Waals surface area contributed by atoms with Crippen LogP contribution in [0.3, 0.4) is 0 Å². The van der Waals surface area contributed by atoms with Crippen LogP contribution in [0.4, 0.5) is 26.7 Å². The van der Waals surface area contributed by atoms with E-state index in [1.54, 1.807) is 0 Å². The number of carbonyl (C=O) groups is 1. The van der Waals surface area contributed by atoms with Crippen LogP contribution < -0.4 is 10.1 Å². The number of carboxylic acid groups (broad SMARTS) is 1. The van der Waals surface area contributed by atoms with Gasteiger partial charge in [-0.1, -0.05) is 12.1 Å². The molecule has 0 aliphatic carbocycles. The Balaban J connectivity index is 2.22. The van der Waals surface area contributed by atoms with Crippen molar-refractivity contribution in [1.29, 1.82) is 0 Å². The Morgan fingerprint density at radius 2 is 1.96 bits per heavy atom. The van der Waals surface area contributed by atoms with E-state index in [9.17, 15) is 31.9 Å². The summed E-state index contributed by atoms with van der Waals surface area (Å²) in [6.45, 7) is 0. The lowest BCUT2D eigenvalue weighted by Gasteiger charge is -2.24. The molecule has 1 aromatic heterocycles. The minimum absolute atomic E-state index is 0.0305. The third-order valence-corrected chi connectivity index (χ3v) is 3.64. The molecule has 11 heteroatoms. The number of nitrogens with one attached hydrogen (secondary N) is 1. The van der Waals surface area contributed by atoms with E-state index in [0.717, 1.165) is 24.4 Å². The maximum Gasteiger partial charge on any atom is 0.461 e. The summed E-state index contributed by atoms with van der Waals surface area (Å²) in [5.41, 5.74) is 0.234. The monoisotopic (exact) mass is 406 g/mol. The third kappa shape index (κ3) is 5.78. The molecule has 1 aromatic carbocycles. The van der Waals surface area contributed by atoms with Crippen molar-refractivity contribution in [1.82, 2.24) is 10.3 Å². The number of nitrogens with zero attached hydrogens (tertiary/aromatic N) is 1. The number of alkyl halides is 4. The first-order chi connectivity index (χ1) is 13.1. The highest BCUT2D eigenvalue weighted by atomic mass is 19.3. The zero-order valence-corrected chi connectivity index (χ0v) is 14.0. The molecule has 2 rings (SSSR count). The first kappa shape index (κ1) is 21.4. The van der Waals surface area contributed by atoms with Crippen molar-refractivity contribution in [2.24, 2.45) is 0 Å². The Morgan fingerprint density at radius 1 is 1.25 bits per heavy atom. The van der Waals surface area contributed by atoms with Gasteiger partial charge in [0.15, 0.2) is 0 Å². The fraction of sp³-hybridized carbons (Fsp3) is 0.294. The van der Waals surface area contributed by atoms with E-state index < -0.39 is 42.5 Å². The van der Waals surface area contributed by atoms with Crippen LogP contribution in [0, 0.1) is 5.95 Å². The van der Waals surface area contributed by atoms with Gasteiger partial charge in [-0.15, -0.1) is 0 Å². The molecule has 0 saturated carbocycles. The zero-order valence-electron chi connectivity index (χ0n) is 14.0. The summed E-state index contributed by atoms with van der Waals surface area (Å²) < 4.78 is 67.8. The largest absolute Gasteiger partial charge is 0.465 e.